The van der Waals surface area contributed by atoms with Crippen LogP contribution >= 0.6 is 12.2 Å². The first-order valence-corrected chi connectivity index (χ1v) is 5.22. The molecule has 1 aromatic heterocycles. The zero-order chi connectivity index (χ0) is 11.4. The Morgan fingerprint density at radius 3 is 2.80 bits per heavy atom. The maximum Gasteiger partial charge on any atom is 0.184 e. The second-order valence-electron chi connectivity index (χ2n) is 3.30. The van der Waals surface area contributed by atoms with Crippen LogP contribution in [-0.2, 0) is 6.54 Å². The highest BCUT2D eigenvalue weighted by Gasteiger charge is 2.04. The average molecular weight is 224 g/mol. The van der Waals surface area contributed by atoms with Crippen molar-refractivity contribution in [3.63, 3.8) is 0 Å². The van der Waals surface area contributed by atoms with E-state index in [4.69, 9.17) is 5.73 Å². The van der Waals surface area contributed by atoms with E-state index >= 15 is 0 Å². The fraction of sp³-hybridized carbons (Fsp3) is 0.400. The summed E-state index contributed by atoms with van der Waals surface area (Å²) in [5.74, 6) is 0. The van der Waals surface area contributed by atoms with Crippen LogP contribution < -0.4 is 11.2 Å². The van der Waals surface area contributed by atoms with Crippen molar-refractivity contribution in [2.75, 3.05) is 0 Å². The van der Waals surface area contributed by atoms with Crippen molar-refractivity contribution >= 4 is 23.5 Å². The number of aryl methyl sites for hydroxylation is 1. The molecule has 1 aromatic rings. The summed E-state index contributed by atoms with van der Waals surface area (Å²) in [6.45, 7) is 7.23. The quantitative estimate of drug-likeness (QED) is 0.462. The minimum atomic E-state index is 0.176. The number of nitrogens with zero attached hydrogens (tertiary/aromatic N) is 2. The van der Waals surface area contributed by atoms with Gasteiger partial charge in [-0.25, -0.2) is 0 Å². The van der Waals surface area contributed by atoms with Crippen molar-refractivity contribution in [3.8, 4) is 0 Å². The van der Waals surface area contributed by atoms with Crippen LogP contribution in [0.2, 0.25) is 0 Å². The van der Waals surface area contributed by atoms with Crippen LogP contribution in [0.3, 0.4) is 0 Å². The molecule has 0 aromatic carbocycles. The normalized spacial score (nSPS) is 10.9. The van der Waals surface area contributed by atoms with E-state index < -0.39 is 0 Å². The Hall–Kier alpha value is -1.36. The Labute approximate surface area is 95.2 Å². The molecular formula is C10H16N4S. The molecule has 0 saturated heterocycles. The number of rotatable bonds is 3. The number of nitrogens with two attached hydrogens (primary N) is 1. The summed E-state index contributed by atoms with van der Waals surface area (Å²) in [4.78, 5) is 0. The highest BCUT2D eigenvalue weighted by Crippen LogP contribution is 2.12. The van der Waals surface area contributed by atoms with Gasteiger partial charge in [0.05, 0.1) is 6.21 Å². The number of hydrogen-bond acceptors (Lipinski definition) is 2. The largest absolute Gasteiger partial charge is 0.375 e. The third-order valence-electron chi connectivity index (χ3n) is 2.31. The summed E-state index contributed by atoms with van der Waals surface area (Å²) in [6.07, 6.45) is 1.73. The van der Waals surface area contributed by atoms with Gasteiger partial charge in [0.1, 0.15) is 0 Å². The van der Waals surface area contributed by atoms with Gasteiger partial charge in [0, 0.05) is 23.5 Å². The molecule has 0 amide bonds. The number of hydrazone groups is 1. The molecular weight excluding hydrogens is 208 g/mol. The molecule has 0 atom stereocenters. The summed E-state index contributed by atoms with van der Waals surface area (Å²) in [7, 11) is 0. The summed E-state index contributed by atoms with van der Waals surface area (Å²) in [5.41, 5.74) is 11.3. The van der Waals surface area contributed by atoms with Crippen molar-refractivity contribution in [2.45, 2.75) is 27.3 Å². The SMILES string of the molecule is CCn1c(C)cc(/C=N\NC(N)=S)c1C. The lowest BCUT2D eigenvalue weighted by atomic mass is 10.3. The fourth-order valence-electron chi connectivity index (χ4n) is 1.61. The van der Waals surface area contributed by atoms with Gasteiger partial charge in [-0.05, 0) is 39.1 Å². The molecule has 3 N–H and O–H groups in total. The second-order valence-corrected chi connectivity index (χ2v) is 3.74. The van der Waals surface area contributed by atoms with Crippen LogP contribution in [0, 0.1) is 13.8 Å². The van der Waals surface area contributed by atoms with Gasteiger partial charge in [0.15, 0.2) is 5.11 Å². The molecule has 0 radical (unpaired) electrons. The first-order chi connectivity index (χ1) is 7.06. The van der Waals surface area contributed by atoms with Crippen LogP contribution in [0.15, 0.2) is 11.2 Å². The van der Waals surface area contributed by atoms with Gasteiger partial charge in [-0.15, -0.1) is 0 Å². The zero-order valence-corrected chi connectivity index (χ0v) is 10.1. The topological polar surface area (TPSA) is 55.3 Å². The molecule has 4 nitrogen and oxygen atoms in total. The van der Waals surface area contributed by atoms with E-state index in [2.05, 4.69) is 54.1 Å². The van der Waals surface area contributed by atoms with Crippen molar-refractivity contribution in [1.29, 1.82) is 0 Å². The molecule has 82 valence electrons. The molecule has 1 heterocycles. The van der Waals surface area contributed by atoms with Gasteiger partial charge in [0.2, 0.25) is 0 Å². The smallest absolute Gasteiger partial charge is 0.184 e. The van der Waals surface area contributed by atoms with Gasteiger partial charge in [0.25, 0.3) is 0 Å². The minimum absolute atomic E-state index is 0.176. The lowest BCUT2D eigenvalue weighted by Crippen LogP contribution is -2.24. The van der Waals surface area contributed by atoms with E-state index in [1.54, 1.807) is 6.21 Å². The maximum absolute atomic E-state index is 5.26. The number of thiocarbonyl (C=S) groups is 1. The first kappa shape index (κ1) is 11.7. The van der Waals surface area contributed by atoms with Crippen molar-refractivity contribution in [2.24, 2.45) is 10.8 Å². The van der Waals surface area contributed by atoms with E-state index in [1.807, 2.05) is 0 Å². The minimum Gasteiger partial charge on any atom is -0.375 e. The standard InChI is InChI=1S/C10H16N4S/c1-4-14-7(2)5-9(8(14)3)6-12-13-10(11)15/h5-6H,4H2,1-3H3,(H3,11,13,15)/b12-6-. The van der Waals surface area contributed by atoms with Gasteiger partial charge in [-0.3, -0.25) is 5.43 Å². The molecule has 0 saturated carbocycles. The molecule has 0 fully saturated rings. The lowest BCUT2D eigenvalue weighted by molar-refractivity contribution is 0.718. The molecule has 1 rings (SSSR count). The van der Waals surface area contributed by atoms with Crippen molar-refractivity contribution in [3.05, 3.63) is 23.0 Å². The molecule has 15 heavy (non-hydrogen) atoms. The van der Waals surface area contributed by atoms with Gasteiger partial charge in [-0.1, -0.05) is 0 Å². The zero-order valence-electron chi connectivity index (χ0n) is 9.24. The Balaban J connectivity index is 2.87. The summed E-state index contributed by atoms with van der Waals surface area (Å²) >= 11 is 4.65. The molecule has 0 bridgehead atoms. The average Bonchev–Trinajstić information content (AvgIpc) is 2.41. The molecule has 0 spiro atoms. The van der Waals surface area contributed by atoms with Crippen molar-refractivity contribution < 1.29 is 0 Å². The monoisotopic (exact) mass is 224 g/mol. The van der Waals surface area contributed by atoms with E-state index in [0.717, 1.165) is 12.1 Å². The van der Waals surface area contributed by atoms with Crippen LogP contribution in [0.4, 0.5) is 0 Å². The van der Waals surface area contributed by atoms with Gasteiger partial charge in [-0.2, -0.15) is 5.10 Å². The first-order valence-electron chi connectivity index (χ1n) is 4.81. The summed E-state index contributed by atoms with van der Waals surface area (Å²) in [5, 5.41) is 4.11. The number of nitrogens with one attached hydrogen (secondary N) is 1. The maximum atomic E-state index is 5.26. The Bertz CT molecular complexity index is 392. The third-order valence-corrected chi connectivity index (χ3v) is 2.40. The van der Waals surface area contributed by atoms with Crippen LogP contribution in [0.1, 0.15) is 23.9 Å². The molecule has 0 aliphatic heterocycles. The molecule has 0 aliphatic rings. The predicted molar refractivity (Wildman–Crippen MR) is 67.1 cm³/mol. The van der Waals surface area contributed by atoms with Crippen LogP contribution in [0.25, 0.3) is 0 Å². The Kier molecular flexibility index (Phi) is 3.85. The fourth-order valence-corrected chi connectivity index (χ4v) is 1.66. The predicted octanol–water partition coefficient (Wildman–Crippen LogP) is 1.29. The number of aromatic nitrogens is 1. The Morgan fingerprint density at radius 1 is 1.67 bits per heavy atom. The van der Waals surface area contributed by atoms with Gasteiger partial charge >= 0.3 is 0 Å². The van der Waals surface area contributed by atoms with Crippen LogP contribution in [-0.4, -0.2) is 15.9 Å². The lowest BCUT2D eigenvalue weighted by Gasteiger charge is -2.04. The van der Waals surface area contributed by atoms with E-state index in [9.17, 15) is 0 Å². The van der Waals surface area contributed by atoms with E-state index in [1.165, 1.54) is 11.4 Å². The molecule has 0 unspecified atom stereocenters. The second kappa shape index (κ2) is 4.93. The summed E-state index contributed by atoms with van der Waals surface area (Å²) < 4.78 is 2.22. The van der Waals surface area contributed by atoms with E-state index in [-0.39, 0.29) is 5.11 Å². The van der Waals surface area contributed by atoms with Crippen LogP contribution in [0.5, 0.6) is 0 Å². The van der Waals surface area contributed by atoms with Crippen molar-refractivity contribution in [1.82, 2.24) is 9.99 Å². The third kappa shape index (κ3) is 2.79. The highest BCUT2D eigenvalue weighted by atomic mass is 32.1. The summed E-state index contributed by atoms with van der Waals surface area (Å²) in [6, 6.07) is 2.09. The molecule has 0 aliphatic carbocycles. The Morgan fingerprint density at radius 2 is 2.33 bits per heavy atom. The molecule has 5 heteroatoms. The number of hydrogen-bond donors (Lipinski definition) is 2. The van der Waals surface area contributed by atoms with Gasteiger partial charge < -0.3 is 10.3 Å². The highest BCUT2D eigenvalue weighted by molar-refractivity contribution is 7.80. The van der Waals surface area contributed by atoms with E-state index in [0.29, 0.717) is 0 Å².